The lowest BCUT2D eigenvalue weighted by Crippen LogP contribution is -2.38. The number of carbonyl (C=O) groups is 1. The number of nitrogens with one attached hydrogen (secondary N) is 1. The molecule has 1 saturated heterocycles. The van der Waals surface area contributed by atoms with Gasteiger partial charge in [-0.3, -0.25) is 9.59 Å². The van der Waals surface area contributed by atoms with Crippen LogP contribution in [0.25, 0.3) is 10.9 Å². The van der Waals surface area contributed by atoms with E-state index < -0.39 is 0 Å². The minimum absolute atomic E-state index is 0.0190. The first kappa shape index (κ1) is 19.4. The predicted octanol–water partition coefficient (Wildman–Crippen LogP) is 3.97. The largest absolute Gasteiger partial charge is 0.376 e. The lowest BCUT2D eigenvalue weighted by Gasteiger charge is -2.26. The van der Waals surface area contributed by atoms with Crippen molar-refractivity contribution in [3.05, 3.63) is 81.1 Å². The molecule has 0 saturated carbocycles. The summed E-state index contributed by atoms with van der Waals surface area (Å²) < 4.78 is 5.77. The number of pyridine rings is 1. The summed E-state index contributed by atoms with van der Waals surface area (Å²) in [5.41, 5.74) is 3.97. The third-order valence-electron chi connectivity index (χ3n) is 5.53. The van der Waals surface area contributed by atoms with Crippen molar-refractivity contribution < 1.29 is 9.53 Å². The summed E-state index contributed by atoms with van der Waals surface area (Å²) in [7, 11) is 0. The Hall–Kier alpha value is -2.92. The molecule has 2 aromatic carbocycles. The highest BCUT2D eigenvalue weighted by Crippen LogP contribution is 2.19. The van der Waals surface area contributed by atoms with Crippen LogP contribution in [0.1, 0.15) is 39.9 Å². The quantitative estimate of drug-likeness (QED) is 0.717. The van der Waals surface area contributed by atoms with Gasteiger partial charge < -0.3 is 14.6 Å². The summed E-state index contributed by atoms with van der Waals surface area (Å²) in [5, 5.41) is 0.972. The number of benzene rings is 2. The highest BCUT2D eigenvalue weighted by molar-refractivity contribution is 5.94. The van der Waals surface area contributed by atoms with Crippen LogP contribution in [0.15, 0.2) is 53.3 Å². The van der Waals surface area contributed by atoms with Crippen molar-refractivity contribution in [1.82, 2.24) is 9.88 Å². The Bertz CT molecular complexity index is 1100. The lowest BCUT2D eigenvalue weighted by molar-refractivity contribution is 0.0506. The molecule has 0 radical (unpaired) electrons. The van der Waals surface area contributed by atoms with Crippen molar-refractivity contribution >= 4 is 16.8 Å². The topological polar surface area (TPSA) is 62.4 Å². The van der Waals surface area contributed by atoms with Crippen LogP contribution in [0.4, 0.5) is 0 Å². The molecule has 0 spiro atoms. The molecule has 2 heterocycles. The van der Waals surface area contributed by atoms with Crippen LogP contribution in [-0.2, 0) is 11.3 Å². The number of rotatable bonds is 5. The van der Waals surface area contributed by atoms with Crippen molar-refractivity contribution in [2.45, 2.75) is 39.3 Å². The van der Waals surface area contributed by atoms with Gasteiger partial charge in [0.1, 0.15) is 0 Å². The summed E-state index contributed by atoms with van der Waals surface area (Å²) in [6.07, 6.45) is 1.96. The predicted molar refractivity (Wildman–Crippen MR) is 114 cm³/mol. The van der Waals surface area contributed by atoms with E-state index in [-0.39, 0.29) is 24.1 Å². The fourth-order valence-electron chi connectivity index (χ4n) is 3.97. The Morgan fingerprint density at radius 1 is 1.17 bits per heavy atom. The van der Waals surface area contributed by atoms with Gasteiger partial charge in [0.15, 0.2) is 0 Å². The molecule has 29 heavy (non-hydrogen) atoms. The number of nitrogens with zero attached hydrogens (tertiary/aromatic N) is 1. The normalized spacial score (nSPS) is 16.3. The van der Waals surface area contributed by atoms with Gasteiger partial charge in [-0.25, -0.2) is 0 Å². The second-order valence-electron chi connectivity index (χ2n) is 7.85. The number of para-hydroxylation sites is 1. The molecule has 1 aliphatic heterocycles. The SMILES string of the molecule is Cc1cccc(C(=O)N(Cc2cc3cccc(C)c3[nH]c2=O)CC2CCCO2)c1. The fraction of sp³-hybridized carbons (Fsp3) is 0.333. The Morgan fingerprint density at radius 3 is 2.76 bits per heavy atom. The number of aromatic amines is 1. The highest BCUT2D eigenvalue weighted by atomic mass is 16.5. The Kier molecular flexibility index (Phi) is 5.49. The van der Waals surface area contributed by atoms with Crippen LogP contribution in [0.5, 0.6) is 0 Å². The van der Waals surface area contributed by atoms with Crippen LogP contribution in [0.2, 0.25) is 0 Å². The first-order chi connectivity index (χ1) is 14.0. The summed E-state index contributed by atoms with van der Waals surface area (Å²) in [6.45, 7) is 5.41. The first-order valence-electron chi connectivity index (χ1n) is 10.1. The van der Waals surface area contributed by atoms with Crippen molar-refractivity contribution in [2.24, 2.45) is 0 Å². The number of aryl methyl sites for hydroxylation is 2. The molecule has 1 N–H and O–H groups in total. The van der Waals surface area contributed by atoms with Crippen LogP contribution < -0.4 is 5.56 Å². The molecule has 5 heteroatoms. The lowest BCUT2D eigenvalue weighted by atomic mass is 10.1. The van der Waals surface area contributed by atoms with Gasteiger partial charge in [0, 0.05) is 24.3 Å². The van der Waals surface area contributed by atoms with Gasteiger partial charge >= 0.3 is 0 Å². The van der Waals surface area contributed by atoms with Crippen molar-refractivity contribution in [3.8, 4) is 0 Å². The number of hydrogen-bond acceptors (Lipinski definition) is 3. The Morgan fingerprint density at radius 2 is 2.00 bits per heavy atom. The van der Waals surface area contributed by atoms with Gasteiger partial charge in [0.2, 0.25) is 0 Å². The van der Waals surface area contributed by atoms with Gasteiger partial charge in [0.25, 0.3) is 11.5 Å². The maximum Gasteiger partial charge on any atom is 0.254 e. The zero-order valence-corrected chi connectivity index (χ0v) is 16.9. The molecule has 5 nitrogen and oxygen atoms in total. The fourth-order valence-corrected chi connectivity index (χ4v) is 3.97. The third-order valence-corrected chi connectivity index (χ3v) is 5.53. The van der Waals surface area contributed by atoms with Crippen LogP contribution in [0.3, 0.4) is 0 Å². The molecule has 1 atom stereocenters. The molecule has 4 rings (SSSR count). The number of fused-ring (bicyclic) bond motifs is 1. The highest BCUT2D eigenvalue weighted by Gasteiger charge is 2.24. The number of amides is 1. The molecule has 0 bridgehead atoms. The standard InChI is InChI=1S/C24H26N2O3/c1-16-6-3-9-19(12-16)24(28)26(15-21-10-5-11-29-21)14-20-13-18-8-4-7-17(2)22(18)25-23(20)27/h3-4,6-9,12-13,21H,5,10-11,14-15H2,1-2H3,(H,25,27). The van der Waals surface area contributed by atoms with E-state index in [1.54, 1.807) is 4.90 Å². The molecule has 1 aromatic heterocycles. The van der Waals surface area contributed by atoms with E-state index in [1.165, 1.54) is 0 Å². The molecule has 0 aliphatic carbocycles. The van der Waals surface area contributed by atoms with Crippen LogP contribution in [0, 0.1) is 13.8 Å². The van der Waals surface area contributed by atoms with Gasteiger partial charge in [-0.15, -0.1) is 0 Å². The van der Waals surface area contributed by atoms with Crippen molar-refractivity contribution in [2.75, 3.05) is 13.2 Å². The maximum absolute atomic E-state index is 13.3. The van der Waals surface area contributed by atoms with Gasteiger partial charge in [-0.2, -0.15) is 0 Å². The van der Waals surface area contributed by atoms with Crippen LogP contribution in [-0.4, -0.2) is 35.0 Å². The van der Waals surface area contributed by atoms with E-state index in [0.717, 1.165) is 41.5 Å². The summed E-state index contributed by atoms with van der Waals surface area (Å²) in [6, 6.07) is 15.4. The monoisotopic (exact) mass is 390 g/mol. The average molecular weight is 390 g/mol. The Labute approximate surface area is 170 Å². The number of H-pyrrole nitrogens is 1. The number of hydrogen-bond donors (Lipinski definition) is 1. The van der Waals surface area contributed by atoms with E-state index in [9.17, 15) is 9.59 Å². The van der Waals surface area contributed by atoms with E-state index in [0.29, 0.717) is 17.7 Å². The zero-order chi connectivity index (χ0) is 20.4. The van der Waals surface area contributed by atoms with Crippen molar-refractivity contribution in [3.63, 3.8) is 0 Å². The van der Waals surface area contributed by atoms with Gasteiger partial charge in [0.05, 0.1) is 18.2 Å². The Balaban J connectivity index is 1.67. The third kappa shape index (κ3) is 4.25. The van der Waals surface area contributed by atoms with E-state index >= 15 is 0 Å². The summed E-state index contributed by atoms with van der Waals surface area (Å²) in [5.74, 6) is -0.0760. The maximum atomic E-state index is 13.3. The number of aromatic nitrogens is 1. The molecule has 3 aromatic rings. The number of ether oxygens (including phenoxy) is 1. The average Bonchev–Trinajstić information content (AvgIpc) is 3.21. The zero-order valence-electron chi connectivity index (χ0n) is 16.9. The second kappa shape index (κ2) is 8.21. The van der Waals surface area contributed by atoms with Gasteiger partial charge in [-0.1, -0.05) is 35.9 Å². The summed E-state index contributed by atoms with van der Waals surface area (Å²) >= 11 is 0. The smallest absolute Gasteiger partial charge is 0.254 e. The summed E-state index contributed by atoms with van der Waals surface area (Å²) in [4.78, 5) is 30.8. The first-order valence-corrected chi connectivity index (χ1v) is 10.1. The van der Waals surface area contributed by atoms with E-state index in [2.05, 4.69) is 4.98 Å². The molecule has 1 fully saturated rings. The molecule has 150 valence electrons. The van der Waals surface area contributed by atoms with E-state index in [1.807, 2.05) is 62.4 Å². The van der Waals surface area contributed by atoms with Gasteiger partial charge in [-0.05, 0) is 55.8 Å². The molecular weight excluding hydrogens is 364 g/mol. The molecule has 1 aliphatic rings. The number of carbonyl (C=O) groups excluding carboxylic acids is 1. The second-order valence-corrected chi connectivity index (χ2v) is 7.85. The van der Waals surface area contributed by atoms with Crippen molar-refractivity contribution in [1.29, 1.82) is 0 Å². The van der Waals surface area contributed by atoms with E-state index in [4.69, 9.17) is 4.74 Å². The molecule has 1 unspecified atom stereocenters. The molecule has 1 amide bonds. The van der Waals surface area contributed by atoms with Crippen LogP contribution >= 0.6 is 0 Å². The molecular formula is C24H26N2O3. The minimum Gasteiger partial charge on any atom is -0.376 e. The minimum atomic E-state index is -0.152.